The first-order chi connectivity index (χ1) is 28.8. The van der Waals surface area contributed by atoms with Crippen LogP contribution in [0.1, 0.15) is 0 Å². The average molecular weight is 742 g/mol. The van der Waals surface area contributed by atoms with Crippen molar-refractivity contribution in [3.63, 3.8) is 0 Å². The summed E-state index contributed by atoms with van der Waals surface area (Å²) in [6.45, 7) is 0. The van der Waals surface area contributed by atoms with E-state index in [2.05, 4.69) is 173 Å². The molecule has 0 amide bonds. The monoisotopic (exact) mass is 741 g/mol. The number of hydrogen-bond acceptors (Lipinski definition) is 3. The predicted octanol–water partition coefficient (Wildman–Crippen LogP) is 14.4. The molecule has 0 spiro atoms. The number of hydrogen-bond donors (Lipinski definition) is 0. The minimum atomic E-state index is 0.770. The van der Waals surface area contributed by atoms with E-state index in [-0.39, 0.29) is 0 Å². The van der Waals surface area contributed by atoms with E-state index in [1.807, 2.05) is 24.4 Å². The van der Waals surface area contributed by atoms with Crippen molar-refractivity contribution in [2.45, 2.75) is 0 Å². The Bertz CT molecular complexity index is 3810. The molecule has 13 aromatic rings. The molecule has 0 atom stereocenters. The van der Waals surface area contributed by atoms with Gasteiger partial charge in [0.25, 0.3) is 0 Å². The zero-order valence-electron chi connectivity index (χ0n) is 31.1. The zero-order valence-corrected chi connectivity index (χ0v) is 31.1. The third-order valence-corrected chi connectivity index (χ3v) is 12.0. The molecule has 0 fully saturated rings. The third kappa shape index (κ3) is 4.22. The Balaban J connectivity index is 1.18. The first-order valence-corrected chi connectivity index (χ1v) is 19.6. The molecule has 58 heavy (non-hydrogen) atoms. The molecule has 5 heteroatoms. The molecule has 0 N–H and O–H groups in total. The lowest BCUT2D eigenvalue weighted by Gasteiger charge is -2.16. The fourth-order valence-corrected chi connectivity index (χ4v) is 9.62. The van der Waals surface area contributed by atoms with E-state index in [1.165, 1.54) is 21.9 Å². The fraction of sp³-hybridized carbons (Fsp3) is 0. The van der Waals surface area contributed by atoms with Crippen LogP contribution in [0, 0.1) is 0 Å². The van der Waals surface area contributed by atoms with Gasteiger partial charge in [0.1, 0.15) is 11.2 Å². The van der Waals surface area contributed by atoms with Gasteiger partial charge in [-0.05, 0) is 65.2 Å². The van der Waals surface area contributed by atoms with Gasteiger partial charge >= 0.3 is 0 Å². The summed E-state index contributed by atoms with van der Waals surface area (Å²) in [4.78, 5) is 5.04. The topological polar surface area (TPSA) is 49.0 Å². The van der Waals surface area contributed by atoms with Gasteiger partial charge in [0, 0.05) is 54.9 Å². The summed E-state index contributed by atoms with van der Waals surface area (Å²) in [5.41, 5.74) is 13.4. The van der Waals surface area contributed by atoms with Crippen LogP contribution in [0.15, 0.2) is 197 Å². The van der Waals surface area contributed by atoms with Gasteiger partial charge in [-0.3, -0.25) is 4.57 Å². The SMILES string of the molecule is c1ccc(-c2ccc3c(c2-c2cccc4c2c2ccccc2n4-c2nccc4c2oc2ccccc24)c2ccccc2n3-c2cccc3c2oc2ccccc23)cc1. The molecular formula is C53H31N3O2. The molecule has 0 aliphatic carbocycles. The normalized spacial score (nSPS) is 12.1. The van der Waals surface area contributed by atoms with Crippen molar-refractivity contribution >= 4 is 87.5 Å². The minimum Gasteiger partial charge on any atom is -0.454 e. The zero-order chi connectivity index (χ0) is 37.9. The largest absolute Gasteiger partial charge is 0.454 e. The Hall–Kier alpha value is -7.89. The summed E-state index contributed by atoms with van der Waals surface area (Å²) < 4.78 is 18.0. The molecule has 0 saturated heterocycles. The van der Waals surface area contributed by atoms with Gasteiger partial charge in [-0.25, -0.2) is 4.98 Å². The highest BCUT2D eigenvalue weighted by molar-refractivity contribution is 6.25. The Morgan fingerprint density at radius 1 is 0.362 bits per heavy atom. The molecule has 5 aromatic heterocycles. The van der Waals surface area contributed by atoms with Crippen LogP contribution in [0.2, 0.25) is 0 Å². The summed E-state index contributed by atoms with van der Waals surface area (Å²) in [5.74, 6) is 0.772. The fourth-order valence-electron chi connectivity index (χ4n) is 9.62. The number of benzene rings is 8. The molecule has 0 unspecified atom stereocenters. The Morgan fingerprint density at radius 2 is 0.931 bits per heavy atom. The highest BCUT2D eigenvalue weighted by atomic mass is 16.3. The molecule has 8 aromatic carbocycles. The molecule has 0 aliphatic heterocycles. The van der Waals surface area contributed by atoms with Crippen LogP contribution < -0.4 is 0 Å². The van der Waals surface area contributed by atoms with Gasteiger partial charge in [0.05, 0.1) is 27.8 Å². The quantitative estimate of drug-likeness (QED) is 0.180. The molecule has 5 heterocycles. The summed E-state index contributed by atoms with van der Waals surface area (Å²) in [6.07, 6.45) is 1.90. The van der Waals surface area contributed by atoms with Gasteiger partial charge in [0.2, 0.25) is 0 Å². The number of aromatic nitrogens is 3. The second-order valence-corrected chi connectivity index (χ2v) is 15.0. The van der Waals surface area contributed by atoms with Gasteiger partial charge in [-0.1, -0.05) is 133 Å². The van der Waals surface area contributed by atoms with E-state index in [0.29, 0.717) is 0 Å². The Morgan fingerprint density at radius 3 is 1.71 bits per heavy atom. The van der Waals surface area contributed by atoms with Gasteiger partial charge < -0.3 is 13.4 Å². The highest BCUT2D eigenvalue weighted by Crippen LogP contribution is 2.49. The van der Waals surface area contributed by atoms with Crippen molar-refractivity contribution in [2.75, 3.05) is 0 Å². The maximum Gasteiger partial charge on any atom is 0.181 e. The number of fused-ring (bicyclic) bond motifs is 12. The van der Waals surface area contributed by atoms with E-state index in [9.17, 15) is 0 Å². The lowest BCUT2D eigenvalue weighted by molar-refractivity contribution is 0.663. The molecule has 0 aliphatic rings. The number of pyridine rings is 1. The number of furan rings is 2. The molecule has 270 valence electrons. The second-order valence-electron chi connectivity index (χ2n) is 15.0. The van der Waals surface area contributed by atoms with E-state index >= 15 is 0 Å². The van der Waals surface area contributed by atoms with Crippen LogP contribution in [0.25, 0.3) is 121 Å². The van der Waals surface area contributed by atoms with Crippen LogP contribution in [-0.4, -0.2) is 14.1 Å². The first kappa shape index (κ1) is 31.3. The van der Waals surface area contributed by atoms with Crippen LogP contribution in [-0.2, 0) is 0 Å². The maximum absolute atomic E-state index is 6.68. The third-order valence-electron chi connectivity index (χ3n) is 12.0. The maximum atomic E-state index is 6.68. The van der Waals surface area contributed by atoms with Crippen molar-refractivity contribution in [3.8, 4) is 33.8 Å². The molecule has 13 rings (SSSR count). The van der Waals surface area contributed by atoms with Crippen LogP contribution in [0.4, 0.5) is 0 Å². The summed E-state index contributed by atoms with van der Waals surface area (Å²) in [6, 6.07) is 64.6. The minimum absolute atomic E-state index is 0.770. The lowest BCUT2D eigenvalue weighted by Crippen LogP contribution is -1.97. The Labute approximate surface area is 331 Å². The number of nitrogens with zero attached hydrogens (tertiary/aromatic N) is 3. The van der Waals surface area contributed by atoms with Crippen molar-refractivity contribution in [3.05, 3.63) is 188 Å². The second kappa shape index (κ2) is 11.8. The molecule has 5 nitrogen and oxygen atoms in total. The number of para-hydroxylation sites is 5. The standard InChI is InChI=1S/C53H31N3O2/c1-2-14-32(15-3-1)33-28-29-44-50(39-19-5-8-22-41(39)55(44)45-25-12-20-36-34-16-6-10-26-46(34)57-51(36)45)49(33)40-21-13-24-43-48(40)38-18-4-9-23-42(38)56(43)53-52-37(30-31-54-53)35-17-7-11-27-47(35)58-52/h1-31H. The van der Waals surface area contributed by atoms with E-state index in [1.54, 1.807) is 0 Å². The first-order valence-electron chi connectivity index (χ1n) is 19.6. The van der Waals surface area contributed by atoms with Crippen molar-refractivity contribution < 1.29 is 8.83 Å². The van der Waals surface area contributed by atoms with Crippen molar-refractivity contribution in [2.24, 2.45) is 0 Å². The van der Waals surface area contributed by atoms with Crippen LogP contribution in [0.5, 0.6) is 0 Å². The van der Waals surface area contributed by atoms with Gasteiger partial charge in [0.15, 0.2) is 17.0 Å². The smallest absolute Gasteiger partial charge is 0.181 e. The average Bonchev–Trinajstić information content (AvgIpc) is 4.04. The highest BCUT2D eigenvalue weighted by Gasteiger charge is 2.26. The number of rotatable bonds is 4. The molecule has 0 bridgehead atoms. The van der Waals surface area contributed by atoms with E-state index in [0.717, 1.165) is 99.3 Å². The van der Waals surface area contributed by atoms with Crippen LogP contribution in [0.3, 0.4) is 0 Å². The summed E-state index contributed by atoms with van der Waals surface area (Å²) in [5, 5.41) is 9.01. The molecule has 0 saturated carbocycles. The van der Waals surface area contributed by atoms with Gasteiger partial charge in [-0.2, -0.15) is 0 Å². The van der Waals surface area contributed by atoms with Crippen molar-refractivity contribution in [1.82, 2.24) is 14.1 Å². The predicted molar refractivity (Wildman–Crippen MR) is 238 cm³/mol. The van der Waals surface area contributed by atoms with Gasteiger partial charge in [-0.15, -0.1) is 0 Å². The van der Waals surface area contributed by atoms with E-state index < -0.39 is 0 Å². The molecule has 0 radical (unpaired) electrons. The Kier molecular flexibility index (Phi) is 6.38. The molecular weight excluding hydrogens is 711 g/mol. The van der Waals surface area contributed by atoms with E-state index in [4.69, 9.17) is 13.8 Å². The summed E-state index contributed by atoms with van der Waals surface area (Å²) in [7, 11) is 0. The van der Waals surface area contributed by atoms with Crippen molar-refractivity contribution in [1.29, 1.82) is 0 Å². The summed E-state index contributed by atoms with van der Waals surface area (Å²) >= 11 is 0. The lowest BCUT2D eigenvalue weighted by atomic mass is 9.88. The van der Waals surface area contributed by atoms with Crippen LogP contribution >= 0.6 is 0 Å².